The van der Waals surface area contributed by atoms with Crippen LogP contribution in [0.5, 0.6) is 0 Å². The van der Waals surface area contributed by atoms with Crippen LogP contribution in [0.25, 0.3) is 0 Å². The van der Waals surface area contributed by atoms with E-state index in [2.05, 4.69) is 6.07 Å². The Bertz CT molecular complexity index is 381. The molecule has 0 bridgehead atoms. The highest BCUT2D eigenvalue weighted by molar-refractivity contribution is 7.89. The van der Waals surface area contributed by atoms with Crippen molar-refractivity contribution >= 4 is 10.0 Å². The molecule has 104 valence electrons. The van der Waals surface area contributed by atoms with Crippen molar-refractivity contribution in [2.45, 2.75) is 20.0 Å². The number of hydrogen-bond acceptors (Lipinski definition) is 5. The third-order valence-electron chi connectivity index (χ3n) is 2.81. The van der Waals surface area contributed by atoms with Gasteiger partial charge in [0, 0.05) is 26.2 Å². The molecule has 0 saturated carbocycles. The van der Waals surface area contributed by atoms with Gasteiger partial charge in [-0.1, -0.05) is 0 Å². The van der Waals surface area contributed by atoms with Crippen LogP contribution in [-0.4, -0.2) is 68.8 Å². The zero-order valence-corrected chi connectivity index (χ0v) is 11.8. The van der Waals surface area contributed by atoms with Crippen LogP contribution < -0.4 is 0 Å². The highest BCUT2D eigenvalue weighted by Crippen LogP contribution is 2.08. The van der Waals surface area contributed by atoms with Gasteiger partial charge in [0.15, 0.2) is 0 Å². The number of nitrogens with zero attached hydrogens (tertiary/aromatic N) is 3. The summed E-state index contributed by atoms with van der Waals surface area (Å²) in [5, 5.41) is 8.57. The Labute approximate surface area is 109 Å². The van der Waals surface area contributed by atoms with Gasteiger partial charge in [-0.25, -0.2) is 8.42 Å². The molecule has 1 aliphatic heterocycles. The van der Waals surface area contributed by atoms with Crippen LogP contribution in [0.2, 0.25) is 0 Å². The molecule has 0 aromatic heterocycles. The van der Waals surface area contributed by atoms with Crippen LogP contribution in [-0.2, 0) is 14.8 Å². The summed E-state index contributed by atoms with van der Waals surface area (Å²) in [5.41, 5.74) is 0. The highest BCUT2D eigenvalue weighted by atomic mass is 32.2. The molecule has 0 atom stereocenters. The molecular formula is C11H21N3O3S. The summed E-state index contributed by atoms with van der Waals surface area (Å²) >= 11 is 0. The van der Waals surface area contributed by atoms with Gasteiger partial charge in [-0.2, -0.15) is 9.57 Å². The zero-order chi connectivity index (χ0) is 13.6. The molecule has 1 aliphatic rings. The van der Waals surface area contributed by atoms with Crippen LogP contribution in [0.15, 0.2) is 0 Å². The lowest BCUT2D eigenvalue weighted by Gasteiger charge is -2.32. The first kappa shape index (κ1) is 15.4. The summed E-state index contributed by atoms with van der Waals surface area (Å²) in [6.45, 7) is 6.54. The van der Waals surface area contributed by atoms with Crippen molar-refractivity contribution in [2.24, 2.45) is 0 Å². The first-order chi connectivity index (χ1) is 8.45. The Morgan fingerprint density at radius 2 is 1.89 bits per heavy atom. The third kappa shape index (κ3) is 4.90. The summed E-state index contributed by atoms with van der Waals surface area (Å²) in [7, 11) is -3.22. The largest absolute Gasteiger partial charge is 0.378 e. The standard InChI is InChI=1S/C11H21N3O3S/c1-11(2)17-9-10-18(15,16)14-7-5-13(4-3-12)6-8-14/h11H,4-10H2,1-2H3. The highest BCUT2D eigenvalue weighted by Gasteiger charge is 2.26. The second kappa shape index (κ2) is 7.04. The lowest BCUT2D eigenvalue weighted by molar-refractivity contribution is 0.0903. The van der Waals surface area contributed by atoms with Gasteiger partial charge >= 0.3 is 0 Å². The minimum Gasteiger partial charge on any atom is -0.378 e. The Hall–Kier alpha value is -0.680. The van der Waals surface area contributed by atoms with Crippen LogP contribution in [0.1, 0.15) is 13.8 Å². The Balaban J connectivity index is 2.38. The lowest BCUT2D eigenvalue weighted by atomic mass is 10.4. The van der Waals surface area contributed by atoms with Crippen molar-refractivity contribution in [3.8, 4) is 6.07 Å². The molecule has 0 amide bonds. The van der Waals surface area contributed by atoms with Crippen molar-refractivity contribution in [3.63, 3.8) is 0 Å². The van der Waals surface area contributed by atoms with Gasteiger partial charge in [-0.3, -0.25) is 4.90 Å². The van der Waals surface area contributed by atoms with Gasteiger partial charge in [-0.15, -0.1) is 0 Å². The van der Waals surface area contributed by atoms with Crippen molar-refractivity contribution in [3.05, 3.63) is 0 Å². The maximum absolute atomic E-state index is 12.0. The Morgan fingerprint density at radius 1 is 1.28 bits per heavy atom. The second-order valence-corrected chi connectivity index (χ2v) is 6.66. The molecule has 0 aliphatic carbocycles. The normalized spacial score (nSPS) is 19.0. The fourth-order valence-electron chi connectivity index (χ4n) is 1.78. The topological polar surface area (TPSA) is 73.6 Å². The quantitative estimate of drug-likeness (QED) is 0.632. The van der Waals surface area contributed by atoms with Crippen molar-refractivity contribution < 1.29 is 13.2 Å². The molecule has 0 aromatic carbocycles. The first-order valence-electron chi connectivity index (χ1n) is 6.14. The van der Waals surface area contributed by atoms with E-state index in [4.69, 9.17) is 10.00 Å². The molecule has 0 aromatic rings. The van der Waals surface area contributed by atoms with E-state index in [0.29, 0.717) is 32.7 Å². The lowest BCUT2D eigenvalue weighted by Crippen LogP contribution is -2.49. The number of sulfonamides is 1. The van der Waals surface area contributed by atoms with Crippen LogP contribution in [0, 0.1) is 11.3 Å². The molecule has 1 saturated heterocycles. The average Bonchev–Trinajstić information content (AvgIpc) is 2.29. The predicted octanol–water partition coefficient (Wildman–Crippen LogP) is -0.118. The van der Waals surface area contributed by atoms with Gasteiger partial charge in [0.25, 0.3) is 0 Å². The number of rotatable bonds is 6. The summed E-state index contributed by atoms with van der Waals surface area (Å²) < 4.78 is 30.7. The number of hydrogen-bond donors (Lipinski definition) is 0. The number of nitriles is 1. The molecule has 0 N–H and O–H groups in total. The molecule has 0 unspecified atom stereocenters. The van der Waals surface area contributed by atoms with E-state index in [1.54, 1.807) is 0 Å². The smallest absolute Gasteiger partial charge is 0.216 e. The van der Waals surface area contributed by atoms with E-state index in [9.17, 15) is 8.42 Å². The molecule has 1 fully saturated rings. The monoisotopic (exact) mass is 275 g/mol. The van der Waals surface area contributed by atoms with E-state index in [-0.39, 0.29) is 18.5 Å². The molecule has 0 spiro atoms. The fraction of sp³-hybridized carbons (Fsp3) is 0.909. The Kier molecular flexibility index (Phi) is 6.02. The van der Waals surface area contributed by atoms with E-state index in [1.165, 1.54) is 4.31 Å². The van der Waals surface area contributed by atoms with Crippen LogP contribution in [0.4, 0.5) is 0 Å². The summed E-state index contributed by atoms with van der Waals surface area (Å²) in [6.07, 6.45) is 0.0488. The van der Waals surface area contributed by atoms with Crippen molar-refractivity contribution in [2.75, 3.05) is 45.1 Å². The van der Waals surface area contributed by atoms with Gasteiger partial charge in [0.1, 0.15) is 0 Å². The van der Waals surface area contributed by atoms with E-state index in [1.807, 2.05) is 18.7 Å². The molecule has 6 nitrogen and oxygen atoms in total. The van der Waals surface area contributed by atoms with Crippen molar-refractivity contribution in [1.82, 2.24) is 9.21 Å². The van der Waals surface area contributed by atoms with Gasteiger partial charge in [0.05, 0.1) is 31.1 Å². The Morgan fingerprint density at radius 3 is 2.39 bits per heavy atom. The molecule has 7 heteroatoms. The van der Waals surface area contributed by atoms with E-state index < -0.39 is 10.0 Å². The van der Waals surface area contributed by atoms with E-state index in [0.717, 1.165) is 0 Å². The van der Waals surface area contributed by atoms with Crippen LogP contribution in [0.3, 0.4) is 0 Å². The van der Waals surface area contributed by atoms with Crippen molar-refractivity contribution in [1.29, 1.82) is 5.26 Å². The van der Waals surface area contributed by atoms with Gasteiger partial charge in [0.2, 0.25) is 10.0 Å². The van der Waals surface area contributed by atoms with Gasteiger partial charge < -0.3 is 4.74 Å². The van der Waals surface area contributed by atoms with E-state index >= 15 is 0 Å². The molecule has 0 radical (unpaired) electrons. The second-order valence-electron chi connectivity index (χ2n) is 4.57. The molecule has 1 heterocycles. The summed E-state index contributed by atoms with van der Waals surface area (Å²) in [4.78, 5) is 1.95. The first-order valence-corrected chi connectivity index (χ1v) is 7.75. The minimum absolute atomic E-state index is 0.0312. The average molecular weight is 275 g/mol. The predicted molar refractivity (Wildman–Crippen MR) is 68.5 cm³/mol. The molecule has 1 rings (SSSR count). The van der Waals surface area contributed by atoms with Crippen LogP contribution >= 0.6 is 0 Å². The number of piperazine rings is 1. The summed E-state index contributed by atoms with van der Waals surface area (Å²) in [6, 6.07) is 2.08. The molecular weight excluding hydrogens is 254 g/mol. The molecule has 18 heavy (non-hydrogen) atoms. The minimum atomic E-state index is -3.22. The summed E-state index contributed by atoms with van der Waals surface area (Å²) in [5.74, 6) is 0.0312. The maximum Gasteiger partial charge on any atom is 0.216 e. The maximum atomic E-state index is 12.0. The third-order valence-corrected chi connectivity index (χ3v) is 4.65. The fourth-order valence-corrected chi connectivity index (χ4v) is 3.07. The zero-order valence-electron chi connectivity index (χ0n) is 11.0. The number of ether oxygens (including phenoxy) is 1. The van der Waals surface area contributed by atoms with Gasteiger partial charge in [-0.05, 0) is 13.8 Å². The SMILES string of the molecule is CC(C)OCCS(=O)(=O)N1CCN(CC#N)CC1.